The summed E-state index contributed by atoms with van der Waals surface area (Å²) in [4.78, 5) is 12.3. The standard InChI is InChI=1S/C17H26O4S/c1-16(2,3)12-8-11(14(18)10-22(7,20)21)9-13(15(12)19)17(4,5)6/h8-9,19H,10H2,1-7H3. The van der Waals surface area contributed by atoms with Gasteiger partial charge in [0.15, 0.2) is 15.6 Å². The minimum atomic E-state index is -3.39. The molecule has 0 bridgehead atoms. The molecule has 1 aromatic rings. The summed E-state index contributed by atoms with van der Waals surface area (Å²) in [5.74, 6) is -0.792. The Bertz CT molecular complexity index is 651. The predicted molar refractivity (Wildman–Crippen MR) is 89.5 cm³/mol. The van der Waals surface area contributed by atoms with Crippen molar-refractivity contribution in [3.8, 4) is 5.75 Å². The molecule has 0 saturated carbocycles. The number of carbonyl (C=O) groups excluding carboxylic acids is 1. The normalized spacial score (nSPS) is 13.2. The lowest BCUT2D eigenvalue weighted by Crippen LogP contribution is -2.21. The van der Waals surface area contributed by atoms with Gasteiger partial charge in [-0.15, -0.1) is 0 Å². The van der Waals surface area contributed by atoms with Crippen LogP contribution < -0.4 is 0 Å². The van der Waals surface area contributed by atoms with Crippen LogP contribution in [0.5, 0.6) is 5.75 Å². The maximum absolute atomic E-state index is 12.3. The van der Waals surface area contributed by atoms with E-state index < -0.39 is 21.4 Å². The van der Waals surface area contributed by atoms with Crippen molar-refractivity contribution >= 4 is 15.6 Å². The summed E-state index contributed by atoms with van der Waals surface area (Å²) in [7, 11) is -3.39. The SMILES string of the molecule is CC(C)(C)c1cc(C(=O)CS(C)(=O)=O)cc(C(C)(C)C)c1O. The van der Waals surface area contributed by atoms with Gasteiger partial charge >= 0.3 is 0 Å². The van der Waals surface area contributed by atoms with E-state index in [4.69, 9.17) is 0 Å². The van der Waals surface area contributed by atoms with Gasteiger partial charge in [0.2, 0.25) is 0 Å². The zero-order valence-corrected chi connectivity index (χ0v) is 15.3. The summed E-state index contributed by atoms with van der Waals surface area (Å²) in [6, 6.07) is 3.22. The Hall–Kier alpha value is -1.36. The van der Waals surface area contributed by atoms with E-state index in [1.807, 2.05) is 41.5 Å². The second kappa shape index (κ2) is 5.69. The highest BCUT2D eigenvalue weighted by atomic mass is 32.2. The number of rotatable bonds is 3. The van der Waals surface area contributed by atoms with Gasteiger partial charge in [0.05, 0.1) is 0 Å². The van der Waals surface area contributed by atoms with Gasteiger partial charge in [0, 0.05) is 22.9 Å². The van der Waals surface area contributed by atoms with Crippen LogP contribution in [0.25, 0.3) is 0 Å². The molecule has 1 rings (SSSR count). The number of sulfone groups is 1. The van der Waals surface area contributed by atoms with Crippen molar-refractivity contribution in [3.63, 3.8) is 0 Å². The summed E-state index contributed by atoms with van der Waals surface area (Å²) < 4.78 is 22.8. The zero-order valence-electron chi connectivity index (χ0n) is 14.4. The molecule has 0 fully saturated rings. The predicted octanol–water partition coefficient (Wildman–Crippen LogP) is 3.21. The quantitative estimate of drug-likeness (QED) is 0.866. The molecule has 0 unspecified atom stereocenters. The van der Waals surface area contributed by atoms with Crippen LogP contribution in [0, 0.1) is 0 Å². The molecule has 0 aliphatic carbocycles. The highest BCUT2D eigenvalue weighted by Gasteiger charge is 2.28. The second-order valence-electron chi connectivity index (χ2n) is 7.91. The van der Waals surface area contributed by atoms with E-state index in [0.717, 1.165) is 6.26 Å². The van der Waals surface area contributed by atoms with Crippen molar-refractivity contribution in [3.05, 3.63) is 28.8 Å². The third-order valence-electron chi connectivity index (χ3n) is 3.44. The molecule has 0 saturated heterocycles. The fourth-order valence-corrected chi connectivity index (χ4v) is 2.90. The van der Waals surface area contributed by atoms with Gasteiger partial charge in [-0.25, -0.2) is 8.42 Å². The topological polar surface area (TPSA) is 71.4 Å². The van der Waals surface area contributed by atoms with E-state index >= 15 is 0 Å². The number of Topliss-reactive ketones (excluding diaryl/α,β-unsaturated/α-hetero) is 1. The largest absolute Gasteiger partial charge is 0.507 e. The van der Waals surface area contributed by atoms with Crippen molar-refractivity contribution in [1.82, 2.24) is 0 Å². The Kier molecular flexibility index (Phi) is 4.83. The number of benzene rings is 1. The smallest absolute Gasteiger partial charge is 0.177 e. The summed E-state index contributed by atoms with van der Waals surface area (Å²) >= 11 is 0. The molecule has 5 heteroatoms. The van der Waals surface area contributed by atoms with Gasteiger partial charge in [-0.3, -0.25) is 4.79 Å². The lowest BCUT2D eigenvalue weighted by atomic mass is 9.78. The third kappa shape index (κ3) is 4.57. The monoisotopic (exact) mass is 326 g/mol. The van der Waals surface area contributed by atoms with Crippen molar-refractivity contribution in [1.29, 1.82) is 0 Å². The van der Waals surface area contributed by atoms with E-state index in [1.165, 1.54) is 0 Å². The van der Waals surface area contributed by atoms with Gasteiger partial charge in [-0.05, 0) is 23.0 Å². The molecule has 1 N–H and O–H groups in total. The van der Waals surface area contributed by atoms with E-state index in [9.17, 15) is 18.3 Å². The van der Waals surface area contributed by atoms with Crippen LogP contribution >= 0.6 is 0 Å². The van der Waals surface area contributed by atoms with Gasteiger partial charge in [0.1, 0.15) is 11.5 Å². The fraction of sp³-hybridized carbons (Fsp3) is 0.588. The van der Waals surface area contributed by atoms with Crippen LogP contribution in [0.4, 0.5) is 0 Å². The molecule has 22 heavy (non-hydrogen) atoms. The van der Waals surface area contributed by atoms with Gasteiger partial charge in [-0.1, -0.05) is 41.5 Å². The molecule has 0 heterocycles. The minimum Gasteiger partial charge on any atom is -0.507 e. The number of ketones is 1. The molecule has 0 radical (unpaired) electrons. The fourth-order valence-electron chi connectivity index (χ4n) is 2.26. The lowest BCUT2D eigenvalue weighted by molar-refractivity contribution is 0.102. The summed E-state index contributed by atoms with van der Waals surface area (Å²) in [6.07, 6.45) is 1.04. The van der Waals surface area contributed by atoms with Crippen LogP contribution in [0.15, 0.2) is 12.1 Å². The maximum Gasteiger partial charge on any atom is 0.177 e. The minimum absolute atomic E-state index is 0.177. The molecular formula is C17H26O4S. The Labute approximate surface area is 133 Å². The number of phenols is 1. The number of phenolic OH excluding ortho intramolecular Hbond substituents is 1. The second-order valence-corrected chi connectivity index (χ2v) is 10.1. The molecule has 1 aromatic carbocycles. The number of hydrogen-bond acceptors (Lipinski definition) is 4. The Balaban J connectivity index is 3.58. The van der Waals surface area contributed by atoms with Crippen LogP contribution in [-0.2, 0) is 20.7 Å². The van der Waals surface area contributed by atoms with Crippen LogP contribution in [0.1, 0.15) is 63.0 Å². The lowest BCUT2D eigenvalue weighted by Gasteiger charge is -2.28. The Morgan fingerprint density at radius 1 is 1.00 bits per heavy atom. The third-order valence-corrected chi connectivity index (χ3v) is 4.23. The van der Waals surface area contributed by atoms with E-state index in [2.05, 4.69) is 0 Å². The number of carbonyl (C=O) groups is 1. The average Bonchev–Trinajstić information content (AvgIpc) is 2.23. The van der Waals surface area contributed by atoms with Crippen molar-refractivity contribution in [2.45, 2.75) is 52.4 Å². The molecule has 124 valence electrons. The molecule has 0 amide bonds. The first-order chi connectivity index (χ1) is 9.63. The van der Waals surface area contributed by atoms with Crippen LogP contribution in [0.2, 0.25) is 0 Å². The van der Waals surface area contributed by atoms with Gasteiger partial charge in [0.25, 0.3) is 0 Å². The molecular weight excluding hydrogens is 300 g/mol. The molecule has 4 nitrogen and oxygen atoms in total. The molecule has 0 atom stereocenters. The first kappa shape index (κ1) is 18.7. The number of hydrogen-bond donors (Lipinski definition) is 1. The van der Waals surface area contributed by atoms with Crippen molar-refractivity contribution in [2.75, 3.05) is 12.0 Å². The number of aromatic hydroxyl groups is 1. The first-order valence-electron chi connectivity index (χ1n) is 7.22. The Morgan fingerprint density at radius 2 is 1.36 bits per heavy atom. The van der Waals surface area contributed by atoms with Crippen LogP contribution in [0.3, 0.4) is 0 Å². The molecule has 0 aliphatic rings. The maximum atomic E-state index is 12.3. The van der Waals surface area contributed by atoms with Crippen LogP contribution in [-0.4, -0.2) is 31.3 Å². The summed E-state index contributed by atoms with van der Waals surface area (Å²) in [5.41, 5.74) is 0.920. The van der Waals surface area contributed by atoms with E-state index in [-0.39, 0.29) is 16.6 Å². The molecule has 0 spiro atoms. The zero-order chi connectivity index (χ0) is 17.5. The molecule has 0 aliphatic heterocycles. The Morgan fingerprint density at radius 3 is 1.64 bits per heavy atom. The van der Waals surface area contributed by atoms with Gasteiger partial charge < -0.3 is 5.11 Å². The van der Waals surface area contributed by atoms with Crippen molar-refractivity contribution < 1.29 is 18.3 Å². The van der Waals surface area contributed by atoms with Crippen molar-refractivity contribution in [2.24, 2.45) is 0 Å². The first-order valence-corrected chi connectivity index (χ1v) is 9.28. The highest BCUT2D eigenvalue weighted by Crippen LogP contribution is 2.39. The highest BCUT2D eigenvalue weighted by molar-refractivity contribution is 7.91. The van der Waals surface area contributed by atoms with Gasteiger partial charge in [-0.2, -0.15) is 0 Å². The summed E-state index contributed by atoms with van der Waals surface area (Å²) in [5, 5.41) is 10.6. The average molecular weight is 326 g/mol. The van der Waals surface area contributed by atoms with E-state index in [0.29, 0.717) is 16.7 Å². The van der Waals surface area contributed by atoms with E-state index in [1.54, 1.807) is 12.1 Å². The summed E-state index contributed by atoms with van der Waals surface area (Å²) in [6.45, 7) is 11.7. The molecule has 0 aromatic heterocycles.